The maximum Gasteiger partial charge on any atom is 0.275 e. The Morgan fingerprint density at radius 1 is 1.14 bits per heavy atom. The van der Waals surface area contributed by atoms with Crippen LogP contribution in [0.3, 0.4) is 0 Å². The van der Waals surface area contributed by atoms with E-state index in [0.717, 1.165) is 16.9 Å². The molecule has 0 aromatic heterocycles. The monoisotopic (exact) mass is 379 g/mol. The zero-order valence-electron chi connectivity index (χ0n) is 16.6. The summed E-state index contributed by atoms with van der Waals surface area (Å²) in [6.45, 7) is 5.52. The molecular formula is C22H25N3O3. The van der Waals surface area contributed by atoms with Crippen molar-refractivity contribution >= 4 is 17.5 Å². The number of carbonyl (C=O) groups excluding carboxylic acids is 2. The van der Waals surface area contributed by atoms with E-state index in [-0.39, 0.29) is 24.4 Å². The normalized spacial score (nSPS) is 16.5. The van der Waals surface area contributed by atoms with Gasteiger partial charge in [0.05, 0.1) is 13.2 Å². The Morgan fingerprint density at radius 2 is 1.79 bits per heavy atom. The minimum atomic E-state index is -0.775. The lowest BCUT2D eigenvalue weighted by Crippen LogP contribution is -2.48. The Hall–Kier alpha value is -3.15. The molecule has 0 saturated heterocycles. The Bertz CT molecular complexity index is 889. The average Bonchev–Trinajstić information content (AvgIpc) is 2.92. The van der Waals surface area contributed by atoms with Crippen LogP contribution < -0.4 is 10.1 Å². The first-order valence-electron chi connectivity index (χ1n) is 9.22. The smallest absolute Gasteiger partial charge is 0.275 e. The fraction of sp³-hybridized carbons (Fsp3) is 0.318. The molecule has 6 nitrogen and oxygen atoms in total. The quantitative estimate of drug-likeness (QED) is 0.839. The van der Waals surface area contributed by atoms with Crippen molar-refractivity contribution < 1.29 is 14.3 Å². The lowest BCUT2D eigenvalue weighted by atomic mass is 10.1. The maximum atomic E-state index is 12.9. The number of nitrogens with one attached hydrogen (secondary N) is 1. The van der Waals surface area contributed by atoms with Gasteiger partial charge in [0.25, 0.3) is 5.91 Å². The lowest BCUT2D eigenvalue weighted by Gasteiger charge is -2.29. The van der Waals surface area contributed by atoms with Gasteiger partial charge < -0.3 is 15.0 Å². The van der Waals surface area contributed by atoms with Crippen LogP contribution in [0.5, 0.6) is 5.75 Å². The number of amides is 2. The summed E-state index contributed by atoms with van der Waals surface area (Å²) < 4.78 is 5.16. The lowest BCUT2D eigenvalue weighted by molar-refractivity contribution is -0.134. The highest BCUT2D eigenvalue weighted by Crippen LogP contribution is 2.26. The number of nitrogens with zero attached hydrogens (tertiary/aromatic N) is 2. The molecule has 1 aliphatic heterocycles. The third kappa shape index (κ3) is 4.06. The van der Waals surface area contributed by atoms with Crippen molar-refractivity contribution in [1.82, 2.24) is 10.2 Å². The van der Waals surface area contributed by atoms with Crippen LogP contribution in [-0.4, -0.2) is 41.7 Å². The van der Waals surface area contributed by atoms with E-state index >= 15 is 0 Å². The number of aliphatic imine (C=N–C) groups is 1. The molecule has 6 heteroatoms. The van der Waals surface area contributed by atoms with Crippen molar-refractivity contribution in [3.63, 3.8) is 0 Å². The predicted molar refractivity (Wildman–Crippen MR) is 108 cm³/mol. The first-order chi connectivity index (χ1) is 13.3. The zero-order chi connectivity index (χ0) is 20.3. The summed E-state index contributed by atoms with van der Waals surface area (Å²) in [5.74, 6) is 0.301. The second kappa shape index (κ2) is 7.84. The highest BCUT2D eigenvalue weighted by molar-refractivity contribution is 6.46. The third-order valence-corrected chi connectivity index (χ3v) is 4.84. The molecule has 1 heterocycles. The van der Waals surface area contributed by atoms with Crippen molar-refractivity contribution in [2.45, 2.75) is 32.5 Å². The summed E-state index contributed by atoms with van der Waals surface area (Å²) in [5, 5.41) is 2.95. The molecule has 146 valence electrons. The summed E-state index contributed by atoms with van der Waals surface area (Å²) in [5.41, 5.74) is 1.34. The molecule has 0 unspecified atom stereocenters. The number of methoxy groups -OCH3 is 1. The van der Waals surface area contributed by atoms with Gasteiger partial charge in [-0.2, -0.15) is 0 Å². The van der Waals surface area contributed by atoms with E-state index in [2.05, 4.69) is 10.3 Å². The van der Waals surface area contributed by atoms with E-state index in [1.807, 2.05) is 75.4 Å². The van der Waals surface area contributed by atoms with Crippen LogP contribution in [0.25, 0.3) is 0 Å². The van der Waals surface area contributed by atoms with Gasteiger partial charge in [-0.25, -0.2) is 0 Å². The van der Waals surface area contributed by atoms with Gasteiger partial charge in [-0.1, -0.05) is 42.5 Å². The van der Waals surface area contributed by atoms with E-state index in [9.17, 15) is 9.59 Å². The molecule has 0 radical (unpaired) electrons. The number of ether oxygens (including phenoxy) is 1. The minimum Gasteiger partial charge on any atom is -0.497 e. The summed E-state index contributed by atoms with van der Waals surface area (Å²) in [7, 11) is 1.61. The van der Waals surface area contributed by atoms with Gasteiger partial charge in [0.2, 0.25) is 5.91 Å². The van der Waals surface area contributed by atoms with Gasteiger partial charge in [-0.05, 0) is 38.5 Å². The SMILES string of the molecule is COc1ccc([C@@H](C)NC(=O)CN2C(=O)C(c3ccccc3)=NC2(C)C)cc1. The molecule has 0 saturated carbocycles. The molecule has 0 bridgehead atoms. The second-order valence-corrected chi connectivity index (χ2v) is 7.27. The Balaban J connectivity index is 1.67. The first kappa shape index (κ1) is 19.6. The zero-order valence-corrected chi connectivity index (χ0v) is 16.6. The Labute approximate surface area is 165 Å². The fourth-order valence-electron chi connectivity index (χ4n) is 3.21. The van der Waals surface area contributed by atoms with Crippen molar-refractivity contribution in [1.29, 1.82) is 0 Å². The van der Waals surface area contributed by atoms with Crippen LogP contribution in [0.15, 0.2) is 59.6 Å². The number of hydrogen-bond acceptors (Lipinski definition) is 4. The first-order valence-corrected chi connectivity index (χ1v) is 9.22. The molecule has 0 fully saturated rings. The van der Waals surface area contributed by atoms with Crippen LogP contribution in [0.1, 0.15) is 37.9 Å². The summed E-state index contributed by atoms with van der Waals surface area (Å²) in [6.07, 6.45) is 0. The number of hydrogen-bond donors (Lipinski definition) is 1. The molecule has 1 aliphatic rings. The predicted octanol–water partition coefficient (Wildman–Crippen LogP) is 2.94. The minimum absolute atomic E-state index is 0.0494. The van der Waals surface area contributed by atoms with Crippen molar-refractivity contribution in [2.24, 2.45) is 4.99 Å². The molecule has 2 aromatic rings. The summed E-state index contributed by atoms with van der Waals surface area (Å²) in [6, 6.07) is 16.7. The van der Waals surface area contributed by atoms with Gasteiger partial charge in [0.1, 0.15) is 23.7 Å². The van der Waals surface area contributed by atoms with Crippen LogP contribution in [0, 0.1) is 0 Å². The van der Waals surface area contributed by atoms with E-state index < -0.39 is 5.66 Å². The van der Waals surface area contributed by atoms with Crippen LogP contribution in [-0.2, 0) is 9.59 Å². The highest BCUT2D eigenvalue weighted by atomic mass is 16.5. The van der Waals surface area contributed by atoms with Crippen LogP contribution in [0.4, 0.5) is 0 Å². The summed E-state index contributed by atoms with van der Waals surface area (Å²) in [4.78, 5) is 31.6. The topological polar surface area (TPSA) is 71.0 Å². The third-order valence-electron chi connectivity index (χ3n) is 4.84. The average molecular weight is 379 g/mol. The fourth-order valence-corrected chi connectivity index (χ4v) is 3.21. The maximum absolute atomic E-state index is 12.9. The van der Waals surface area contributed by atoms with Crippen LogP contribution >= 0.6 is 0 Å². The molecule has 1 N–H and O–H groups in total. The summed E-state index contributed by atoms with van der Waals surface area (Å²) >= 11 is 0. The van der Waals surface area contributed by atoms with Gasteiger partial charge in [-0.15, -0.1) is 0 Å². The van der Waals surface area contributed by atoms with Gasteiger partial charge in [0.15, 0.2) is 0 Å². The Morgan fingerprint density at radius 3 is 2.39 bits per heavy atom. The Kier molecular flexibility index (Phi) is 5.49. The van der Waals surface area contributed by atoms with Crippen LogP contribution in [0.2, 0.25) is 0 Å². The number of benzene rings is 2. The molecule has 2 aromatic carbocycles. The van der Waals surface area contributed by atoms with E-state index in [4.69, 9.17) is 4.74 Å². The molecule has 0 spiro atoms. The molecule has 0 aliphatic carbocycles. The van der Waals surface area contributed by atoms with Crippen molar-refractivity contribution in [2.75, 3.05) is 13.7 Å². The molecule has 2 amide bonds. The number of carbonyl (C=O) groups is 2. The highest BCUT2D eigenvalue weighted by Gasteiger charge is 2.41. The largest absolute Gasteiger partial charge is 0.497 e. The van der Waals surface area contributed by atoms with E-state index in [0.29, 0.717) is 5.71 Å². The number of rotatable bonds is 6. The molecule has 28 heavy (non-hydrogen) atoms. The van der Waals surface area contributed by atoms with E-state index in [1.165, 1.54) is 4.90 Å². The molecule has 3 rings (SSSR count). The van der Waals surface area contributed by atoms with Gasteiger partial charge >= 0.3 is 0 Å². The second-order valence-electron chi connectivity index (χ2n) is 7.27. The van der Waals surface area contributed by atoms with Crippen molar-refractivity contribution in [3.8, 4) is 5.75 Å². The molecule has 1 atom stereocenters. The van der Waals surface area contributed by atoms with Crippen molar-refractivity contribution in [3.05, 3.63) is 65.7 Å². The van der Waals surface area contributed by atoms with Gasteiger partial charge in [0, 0.05) is 5.56 Å². The van der Waals surface area contributed by atoms with E-state index in [1.54, 1.807) is 7.11 Å². The standard InChI is InChI=1S/C22H25N3O3/c1-15(16-10-12-18(28-4)13-11-16)23-19(26)14-25-21(27)20(24-22(25,2)3)17-8-6-5-7-9-17/h5-13,15H,14H2,1-4H3,(H,23,26)/t15-/m1/s1. The van der Waals surface area contributed by atoms with Gasteiger partial charge in [-0.3, -0.25) is 14.6 Å². The molecular weight excluding hydrogens is 354 g/mol.